The van der Waals surface area contributed by atoms with E-state index in [-0.39, 0.29) is 19.4 Å². The molecule has 1 rings (SSSR count). The van der Waals surface area contributed by atoms with Crippen molar-refractivity contribution in [3.05, 3.63) is 0 Å². The first kappa shape index (κ1) is 10.9. The molecule has 78 valence electrons. The third-order valence-electron chi connectivity index (χ3n) is 2.42. The van der Waals surface area contributed by atoms with E-state index in [4.69, 9.17) is 5.26 Å². The summed E-state index contributed by atoms with van der Waals surface area (Å²) in [7, 11) is 0. The van der Waals surface area contributed by atoms with E-state index >= 15 is 0 Å². The van der Waals surface area contributed by atoms with E-state index in [0.29, 0.717) is 12.8 Å². The number of rotatable bonds is 2. The monoisotopic (exact) mass is 202 g/mol. The van der Waals surface area contributed by atoms with Crippen molar-refractivity contribution in [1.82, 2.24) is 5.32 Å². The van der Waals surface area contributed by atoms with Gasteiger partial charge >= 0.3 is 0 Å². The fraction of sp³-hybridized carbons (Fsp3) is 0.778. The summed E-state index contributed by atoms with van der Waals surface area (Å²) < 4.78 is 26.4. The smallest absolute Gasteiger partial charge is 0.259 e. The molecular formula is C9H12F2N2O. The van der Waals surface area contributed by atoms with Crippen molar-refractivity contribution in [2.75, 3.05) is 6.54 Å². The molecule has 0 radical (unpaired) electrons. The molecule has 0 aromatic heterocycles. The van der Waals surface area contributed by atoms with Crippen LogP contribution in [0.3, 0.4) is 0 Å². The molecule has 1 fully saturated rings. The Morgan fingerprint density at radius 2 is 2.29 bits per heavy atom. The van der Waals surface area contributed by atoms with Crippen molar-refractivity contribution in [2.45, 2.75) is 31.6 Å². The molecule has 0 aromatic rings. The number of nitriles is 1. The van der Waals surface area contributed by atoms with Gasteiger partial charge in [0.15, 0.2) is 0 Å². The Balaban J connectivity index is 2.56. The molecule has 0 aliphatic heterocycles. The Kier molecular flexibility index (Phi) is 3.39. The second kappa shape index (κ2) is 4.36. The summed E-state index contributed by atoms with van der Waals surface area (Å²) in [5, 5.41) is 10.4. The third-order valence-corrected chi connectivity index (χ3v) is 2.42. The van der Waals surface area contributed by atoms with Crippen molar-refractivity contribution in [1.29, 1.82) is 5.26 Å². The van der Waals surface area contributed by atoms with Gasteiger partial charge in [0, 0.05) is 6.42 Å². The number of amides is 1. The molecule has 0 aromatic carbocycles. The molecule has 0 spiro atoms. The number of carbonyl (C=O) groups excluding carboxylic acids is 1. The van der Waals surface area contributed by atoms with Crippen LogP contribution in [0.2, 0.25) is 0 Å². The summed E-state index contributed by atoms with van der Waals surface area (Å²) in [6, 6.07) is 1.69. The van der Waals surface area contributed by atoms with Crippen molar-refractivity contribution in [3.63, 3.8) is 0 Å². The Labute approximate surface area is 81.1 Å². The van der Waals surface area contributed by atoms with E-state index < -0.39 is 17.7 Å². The van der Waals surface area contributed by atoms with E-state index in [1.165, 1.54) is 0 Å². The molecule has 1 amide bonds. The molecule has 1 aliphatic carbocycles. The van der Waals surface area contributed by atoms with Gasteiger partial charge in [-0.1, -0.05) is 6.42 Å². The van der Waals surface area contributed by atoms with E-state index in [2.05, 4.69) is 5.32 Å². The average molecular weight is 202 g/mol. The van der Waals surface area contributed by atoms with Crippen LogP contribution in [0, 0.1) is 17.2 Å². The summed E-state index contributed by atoms with van der Waals surface area (Å²) in [5.41, 5.74) is 0. The number of hydrogen-bond donors (Lipinski definition) is 1. The lowest BCUT2D eigenvalue weighted by Gasteiger charge is -2.29. The minimum atomic E-state index is -2.90. The summed E-state index contributed by atoms with van der Waals surface area (Å²) in [6.07, 6.45) is 1.11. The topological polar surface area (TPSA) is 52.9 Å². The normalized spacial score (nSPS) is 25.1. The van der Waals surface area contributed by atoms with Crippen molar-refractivity contribution in [3.8, 4) is 6.07 Å². The zero-order valence-electron chi connectivity index (χ0n) is 7.72. The second-order valence-electron chi connectivity index (χ2n) is 3.44. The van der Waals surface area contributed by atoms with Gasteiger partial charge in [0.25, 0.3) is 5.92 Å². The number of nitrogens with zero attached hydrogens (tertiary/aromatic N) is 1. The quantitative estimate of drug-likeness (QED) is 0.689. The van der Waals surface area contributed by atoms with Crippen LogP contribution >= 0.6 is 0 Å². The van der Waals surface area contributed by atoms with Gasteiger partial charge in [-0.05, 0) is 12.8 Å². The standard InChI is InChI=1S/C9H12F2N2O/c10-9(11)4-2-1-3-7(9)8(14)13-6-5-12/h7H,1-4,6H2,(H,13,14). The van der Waals surface area contributed by atoms with Crippen LogP contribution in [0.25, 0.3) is 0 Å². The highest BCUT2D eigenvalue weighted by Crippen LogP contribution is 2.38. The van der Waals surface area contributed by atoms with E-state index in [1.54, 1.807) is 6.07 Å². The maximum atomic E-state index is 13.2. The first-order valence-corrected chi connectivity index (χ1v) is 4.60. The molecule has 1 aliphatic rings. The van der Waals surface area contributed by atoms with Crippen LogP contribution in [-0.2, 0) is 4.79 Å². The number of hydrogen-bond acceptors (Lipinski definition) is 2. The lowest BCUT2D eigenvalue weighted by atomic mass is 9.85. The van der Waals surface area contributed by atoms with E-state index in [0.717, 1.165) is 0 Å². The fourth-order valence-corrected chi connectivity index (χ4v) is 1.67. The fourth-order valence-electron chi connectivity index (χ4n) is 1.67. The summed E-state index contributed by atoms with van der Waals surface area (Å²) in [5.74, 6) is -4.85. The highest BCUT2D eigenvalue weighted by atomic mass is 19.3. The molecule has 0 bridgehead atoms. The first-order valence-electron chi connectivity index (χ1n) is 4.60. The highest BCUT2D eigenvalue weighted by molar-refractivity contribution is 5.79. The van der Waals surface area contributed by atoms with Gasteiger partial charge in [-0.3, -0.25) is 4.79 Å². The third kappa shape index (κ3) is 2.41. The minimum Gasteiger partial charge on any atom is -0.343 e. The maximum absolute atomic E-state index is 13.2. The molecule has 0 saturated heterocycles. The van der Waals surface area contributed by atoms with E-state index in [1.807, 2.05) is 0 Å². The van der Waals surface area contributed by atoms with Crippen LogP contribution in [0.4, 0.5) is 8.78 Å². The van der Waals surface area contributed by atoms with Crippen LogP contribution in [0.1, 0.15) is 25.7 Å². The molecule has 14 heavy (non-hydrogen) atoms. The largest absolute Gasteiger partial charge is 0.343 e. The van der Waals surface area contributed by atoms with Gasteiger partial charge < -0.3 is 5.32 Å². The lowest BCUT2D eigenvalue weighted by molar-refractivity contribution is -0.145. The van der Waals surface area contributed by atoms with Gasteiger partial charge in [0.1, 0.15) is 12.5 Å². The van der Waals surface area contributed by atoms with Crippen LogP contribution in [0.15, 0.2) is 0 Å². The first-order chi connectivity index (χ1) is 6.58. The molecule has 1 saturated carbocycles. The van der Waals surface area contributed by atoms with Gasteiger partial charge in [0.2, 0.25) is 5.91 Å². The Bertz CT molecular complexity index is 260. The number of alkyl halides is 2. The van der Waals surface area contributed by atoms with Crippen molar-refractivity contribution >= 4 is 5.91 Å². The minimum absolute atomic E-state index is 0.203. The number of nitrogens with one attached hydrogen (secondary N) is 1. The number of carbonyl (C=O) groups is 1. The van der Waals surface area contributed by atoms with Crippen LogP contribution < -0.4 is 5.32 Å². The zero-order valence-corrected chi connectivity index (χ0v) is 7.72. The van der Waals surface area contributed by atoms with Gasteiger partial charge in [-0.15, -0.1) is 0 Å². The predicted octanol–water partition coefficient (Wildman–Crippen LogP) is 1.45. The Hall–Kier alpha value is -1.18. The summed E-state index contributed by atoms with van der Waals surface area (Å²) in [6.45, 7) is -0.203. The zero-order chi connectivity index (χ0) is 10.6. The van der Waals surface area contributed by atoms with Crippen LogP contribution in [-0.4, -0.2) is 18.4 Å². The number of halogens is 2. The summed E-state index contributed by atoms with van der Waals surface area (Å²) >= 11 is 0. The Morgan fingerprint density at radius 1 is 1.57 bits per heavy atom. The molecular weight excluding hydrogens is 190 g/mol. The lowest BCUT2D eigenvalue weighted by Crippen LogP contribution is -2.43. The molecule has 1 atom stereocenters. The summed E-state index contributed by atoms with van der Waals surface area (Å²) in [4.78, 5) is 11.2. The highest BCUT2D eigenvalue weighted by Gasteiger charge is 2.45. The molecule has 1 N–H and O–H groups in total. The second-order valence-corrected chi connectivity index (χ2v) is 3.44. The van der Waals surface area contributed by atoms with Gasteiger partial charge in [-0.25, -0.2) is 8.78 Å². The van der Waals surface area contributed by atoms with Crippen molar-refractivity contribution < 1.29 is 13.6 Å². The molecule has 3 nitrogen and oxygen atoms in total. The van der Waals surface area contributed by atoms with Crippen molar-refractivity contribution in [2.24, 2.45) is 5.92 Å². The van der Waals surface area contributed by atoms with Gasteiger partial charge in [-0.2, -0.15) is 5.26 Å². The Morgan fingerprint density at radius 3 is 2.86 bits per heavy atom. The molecule has 0 heterocycles. The predicted molar refractivity (Wildman–Crippen MR) is 45.5 cm³/mol. The van der Waals surface area contributed by atoms with E-state index in [9.17, 15) is 13.6 Å². The SMILES string of the molecule is N#CCNC(=O)C1CCCCC1(F)F. The van der Waals surface area contributed by atoms with Crippen LogP contribution in [0.5, 0.6) is 0 Å². The maximum Gasteiger partial charge on any atom is 0.259 e. The average Bonchev–Trinajstić information content (AvgIpc) is 2.13. The molecule has 5 heteroatoms. The van der Waals surface area contributed by atoms with Gasteiger partial charge in [0.05, 0.1) is 6.07 Å². The molecule has 1 unspecified atom stereocenters.